The van der Waals surface area contributed by atoms with Gasteiger partial charge < -0.3 is 18.9 Å². The van der Waals surface area contributed by atoms with Crippen molar-refractivity contribution in [1.29, 1.82) is 0 Å². The second-order valence-corrected chi connectivity index (χ2v) is 8.18. The van der Waals surface area contributed by atoms with E-state index in [-0.39, 0.29) is 47.2 Å². The molecule has 3 rings (SSSR count). The summed E-state index contributed by atoms with van der Waals surface area (Å²) in [6, 6.07) is 2.68. The van der Waals surface area contributed by atoms with E-state index in [1.165, 1.54) is 26.0 Å². The Balaban J connectivity index is 2.62. The number of rotatable bonds is 4. The summed E-state index contributed by atoms with van der Waals surface area (Å²) in [7, 11) is 0. The van der Waals surface area contributed by atoms with Gasteiger partial charge in [0, 0.05) is 27.7 Å². The Hall–Kier alpha value is -3.31. The lowest BCUT2D eigenvalue weighted by Gasteiger charge is -2.17. The Bertz CT molecular complexity index is 1190. The van der Waals surface area contributed by atoms with Crippen molar-refractivity contribution in [3.05, 3.63) is 21.0 Å². The van der Waals surface area contributed by atoms with Crippen LogP contribution in [0.2, 0.25) is 0 Å². The van der Waals surface area contributed by atoms with Gasteiger partial charge in [-0.3, -0.25) is 24.0 Å². The van der Waals surface area contributed by atoms with Crippen molar-refractivity contribution in [3.63, 3.8) is 0 Å². The quantitative estimate of drug-likeness (QED) is 0.435. The number of carbonyl (C=O) groups excluding carboxylic acids is 4. The average molecular weight is 450 g/mol. The number of esters is 4. The predicted octanol–water partition coefficient (Wildman–Crippen LogP) is 3.18. The van der Waals surface area contributed by atoms with E-state index in [0.717, 1.165) is 36.5 Å². The van der Waals surface area contributed by atoms with Gasteiger partial charge in [-0.1, -0.05) is 22.7 Å². The van der Waals surface area contributed by atoms with Crippen LogP contribution in [-0.2, 0) is 19.2 Å². The van der Waals surface area contributed by atoms with Gasteiger partial charge in [-0.2, -0.15) is 0 Å². The lowest BCUT2D eigenvalue weighted by molar-refractivity contribution is -0.133. The second-order valence-electron chi connectivity index (χ2n) is 5.96. The molecule has 0 saturated heterocycles. The van der Waals surface area contributed by atoms with Crippen LogP contribution < -0.4 is 23.0 Å². The topological polar surface area (TPSA) is 122 Å². The molecule has 0 saturated carbocycles. The fourth-order valence-electron chi connectivity index (χ4n) is 2.78. The third-order valence-corrected chi connectivity index (χ3v) is 5.72. The summed E-state index contributed by atoms with van der Waals surface area (Å²) in [6.45, 7) is 4.67. The number of hydrogen-bond donors (Lipinski definition) is 0. The minimum Gasteiger partial charge on any atom is -0.426 e. The molecule has 0 N–H and O–H groups in total. The molecule has 0 aliphatic rings. The Labute approximate surface area is 176 Å². The molecule has 1 heterocycles. The summed E-state index contributed by atoms with van der Waals surface area (Å²) >= 11 is 1.54. The van der Waals surface area contributed by atoms with Crippen molar-refractivity contribution in [2.75, 3.05) is 0 Å². The van der Waals surface area contributed by atoms with Crippen LogP contribution in [0.3, 0.4) is 0 Å². The fourth-order valence-corrected chi connectivity index (χ4v) is 4.88. The van der Waals surface area contributed by atoms with Gasteiger partial charge in [0.1, 0.15) is 11.5 Å². The summed E-state index contributed by atoms with van der Waals surface area (Å²) in [5.74, 6) is -2.95. The van der Waals surface area contributed by atoms with E-state index < -0.39 is 23.9 Å². The molecule has 11 heteroatoms. The molecule has 0 atom stereocenters. The first-order valence-corrected chi connectivity index (χ1v) is 10.0. The van der Waals surface area contributed by atoms with Crippen molar-refractivity contribution in [2.24, 2.45) is 0 Å². The van der Waals surface area contributed by atoms with E-state index in [4.69, 9.17) is 18.9 Å². The smallest absolute Gasteiger partial charge is 0.308 e. The van der Waals surface area contributed by atoms with Crippen LogP contribution in [0.1, 0.15) is 27.7 Å². The Morgan fingerprint density at radius 2 is 0.967 bits per heavy atom. The normalized spacial score (nSPS) is 10.7. The average Bonchev–Trinajstić information content (AvgIpc) is 2.99. The molecule has 0 aliphatic carbocycles. The van der Waals surface area contributed by atoms with Gasteiger partial charge in [0.15, 0.2) is 11.5 Å². The summed E-state index contributed by atoms with van der Waals surface area (Å²) in [5, 5.41) is 0.0777. The zero-order valence-electron chi connectivity index (χ0n) is 16.1. The van der Waals surface area contributed by atoms with Crippen molar-refractivity contribution in [3.8, 4) is 23.0 Å². The second kappa shape index (κ2) is 8.20. The highest BCUT2D eigenvalue weighted by atomic mass is 32.2. The molecule has 0 aliphatic heterocycles. The van der Waals surface area contributed by atoms with Gasteiger partial charge in [-0.05, 0) is 12.1 Å². The maximum Gasteiger partial charge on any atom is 0.308 e. The molecule has 0 bridgehead atoms. The Kier molecular flexibility index (Phi) is 5.85. The van der Waals surface area contributed by atoms with Crippen LogP contribution >= 0.6 is 22.7 Å². The van der Waals surface area contributed by atoms with Crippen LogP contribution in [0.4, 0.5) is 0 Å². The Morgan fingerprint density at radius 1 is 0.633 bits per heavy atom. The zero-order valence-corrected chi connectivity index (χ0v) is 17.8. The summed E-state index contributed by atoms with van der Waals surface area (Å²) < 4.78 is 21.3. The first-order chi connectivity index (χ1) is 14.1. The van der Waals surface area contributed by atoms with Gasteiger partial charge >= 0.3 is 23.9 Å². The van der Waals surface area contributed by atoms with Crippen LogP contribution in [0.25, 0.3) is 20.2 Å². The molecule has 0 radical (unpaired) electrons. The highest BCUT2D eigenvalue weighted by Crippen LogP contribution is 2.52. The third kappa shape index (κ3) is 4.16. The van der Waals surface area contributed by atoms with Gasteiger partial charge in [0.05, 0.1) is 20.2 Å². The molecule has 0 unspecified atom stereocenters. The summed E-state index contributed by atoms with van der Waals surface area (Å²) in [6.07, 6.45) is 0. The minimum atomic E-state index is -0.699. The standard InChI is InChI=1S/C19H14O9S2/c1-7(20)25-11-5-6-12(26-8(2)21)14-13(11)15(27-9(3)22)17-18(30-19(24)29-17)16(14)28-10(4)23/h5-6H,1-4H3. The highest BCUT2D eigenvalue weighted by Gasteiger charge is 2.28. The molecule has 0 amide bonds. The largest absolute Gasteiger partial charge is 0.426 e. The van der Waals surface area contributed by atoms with Gasteiger partial charge in [-0.25, -0.2) is 0 Å². The van der Waals surface area contributed by atoms with Crippen molar-refractivity contribution < 1.29 is 38.1 Å². The molecule has 0 fully saturated rings. The van der Waals surface area contributed by atoms with Gasteiger partial charge in [0.25, 0.3) is 4.06 Å². The molecular weight excluding hydrogens is 436 g/mol. The molecule has 9 nitrogen and oxygen atoms in total. The van der Waals surface area contributed by atoms with E-state index in [2.05, 4.69) is 0 Å². The third-order valence-electron chi connectivity index (χ3n) is 3.57. The van der Waals surface area contributed by atoms with Crippen molar-refractivity contribution >= 4 is 66.7 Å². The highest BCUT2D eigenvalue weighted by molar-refractivity contribution is 7.36. The van der Waals surface area contributed by atoms with Gasteiger partial charge in [-0.15, -0.1) is 0 Å². The van der Waals surface area contributed by atoms with E-state index >= 15 is 0 Å². The molecule has 0 spiro atoms. The predicted molar refractivity (Wildman–Crippen MR) is 109 cm³/mol. The van der Waals surface area contributed by atoms with Crippen LogP contribution in [0.5, 0.6) is 23.0 Å². The fraction of sp³-hybridized carbons (Fsp3) is 0.211. The molecule has 30 heavy (non-hydrogen) atoms. The first kappa shape index (κ1) is 21.4. The monoisotopic (exact) mass is 450 g/mol. The Morgan fingerprint density at radius 3 is 1.27 bits per heavy atom. The SMILES string of the molecule is CC(=O)Oc1ccc(OC(C)=O)c2c(OC(C)=O)c3sc(=O)sc3c(OC(C)=O)c12. The van der Waals surface area contributed by atoms with Crippen LogP contribution in [-0.4, -0.2) is 23.9 Å². The van der Waals surface area contributed by atoms with E-state index in [1.807, 2.05) is 0 Å². The van der Waals surface area contributed by atoms with Crippen LogP contribution in [0, 0.1) is 0 Å². The molecule has 1 aromatic heterocycles. The zero-order chi connectivity index (χ0) is 22.2. The molecule has 3 aromatic rings. The summed E-state index contributed by atoms with van der Waals surface area (Å²) in [4.78, 5) is 59.0. The molecule has 2 aromatic carbocycles. The lowest BCUT2D eigenvalue weighted by atomic mass is 10.1. The van der Waals surface area contributed by atoms with Crippen LogP contribution in [0.15, 0.2) is 16.9 Å². The number of hydrogen-bond acceptors (Lipinski definition) is 11. The van der Waals surface area contributed by atoms with E-state index in [9.17, 15) is 24.0 Å². The van der Waals surface area contributed by atoms with Crippen molar-refractivity contribution in [1.82, 2.24) is 0 Å². The summed E-state index contributed by atoms with van der Waals surface area (Å²) in [5.41, 5.74) is 0. The van der Waals surface area contributed by atoms with Crippen molar-refractivity contribution in [2.45, 2.75) is 27.7 Å². The number of fused-ring (bicyclic) bond motifs is 2. The minimum absolute atomic E-state index is 0.0363. The number of carbonyl (C=O) groups is 4. The van der Waals surface area contributed by atoms with Gasteiger partial charge in [0.2, 0.25) is 0 Å². The van der Waals surface area contributed by atoms with E-state index in [1.54, 1.807) is 0 Å². The van der Waals surface area contributed by atoms with E-state index in [0.29, 0.717) is 0 Å². The molecular formula is C19H14O9S2. The number of ether oxygens (including phenoxy) is 4. The first-order valence-electron chi connectivity index (χ1n) is 8.38. The lowest BCUT2D eigenvalue weighted by Crippen LogP contribution is -2.09. The maximum atomic E-state index is 12.2. The molecule has 156 valence electrons. The maximum absolute atomic E-state index is 12.2. The number of benzene rings is 2.